The normalized spacial score (nSPS) is 15.9. The molecule has 0 amide bonds. The van der Waals surface area contributed by atoms with Gasteiger partial charge in [0.05, 0.1) is 12.1 Å². The van der Waals surface area contributed by atoms with Gasteiger partial charge in [-0.3, -0.25) is 0 Å². The van der Waals surface area contributed by atoms with Crippen LogP contribution in [0.2, 0.25) is 0 Å². The van der Waals surface area contributed by atoms with Gasteiger partial charge >= 0.3 is 0 Å². The molecule has 0 unspecified atom stereocenters. The Labute approximate surface area is 109 Å². The van der Waals surface area contributed by atoms with E-state index in [1.165, 1.54) is 6.07 Å². The number of aliphatic hydroxyl groups excluding tert-OH is 1. The molecule has 0 aliphatic heterocycles. The second-order valence-electron chi connectivity index (χ2n) is 5.00. The van der Waals surface area contributed by atoms with Crippen LogP contribution in [0.15, 0.2) is 18.2 Å². The van der Waals surface area contributed by atoms with Gasteiger partial charge in [0.15, 0.2) is 0 Å². The van der Waals surface area contributed by atoms with E-state index in [1.807, 2.05) is 20.8 Å². The molecule has 0 fully saturated rings. The Morgan fingerprint density at radius 3 is 2.44 bits per heavy atom. The molecule has 0 heterocycles. The number of halogens is 2. The number of aliphatic hydroxyl groups is 1. The number of benzene rings is 1. The van der Waals surface area contributed by atoms with Gasteiger partial charge in [0.25, 0.3) is 0 Å². The third-order valence-corrected chi connectivity index (χ3v) is 3.22. The first-order valence-electron chi connectivity index (χ1n) is 5.12. The van der Waals surface area contributed by atoms with Gasteiger partial charge in [0.2, 0.25) is 0 Å². The van der Waals surface area contributed by atoms with E-state index in [0.29, 0.717) is 5.56 Å². The van der Waals surface area contributed by atoms with Crippen molar-refractivity contribution in [3.05, 3.63) is 33.1 Å². The van der Waals surface area contributed by atoms with Crippen molar-refractivity contribution >= 4 is 22.6 Å². The van der Waals surface area contributed by atoms with E-state index in [1.54, 1.807) is 12.1 Å². The number of nitrogens with two attached hydrogens (primary N) is 1. The van der Waals surface area contributed by atoms with E-state index in [0.717, 1.165) is 3.57 Å². The molecule has 0 aromatic heterocycles. The second kappa shape index (κ2) is 4.98. The second-order valence-corrected chi connectivity index (χ2v) is 6.25. The Morgan fingerprint density at radius 2 is 1.94 bits per heavy atom. The van der Waals surface area contributed by atoms with Gasteiger partial charge in [-0.05, 0) is 46.2 Å². The van der Waals surface area contributed by atoms with Gasteiger partial charge < -0.3 is 10.8 Å². The topological polar surface area (TPSA) is 46.2 Å². The zero-order valence-electron chi connectivity index (χ0n) is 9.67. The zero-order chi connectivity index (χ0) is 12.5. The smallest absolute Gasteiger partial charge is 0.128 e. The molecule has 0 aliphatic carbocycles. The van der Waals surface area contributed by atoms with E-state index in [4.69, 9.17) is 5.73 Å². The lowest BCUT2D eigenvalue weighted by molar-refractivity contribution is 0.0391. The van der Waals surface area contributed by atoms with Crippen molar-refractivity contribution in [2.75, 3.05) is 0 Å². The summed E-state index contributed by atoms with van der Waals surface area (Å²) in [7, 11) is 0. The maximum absolute atomic E-state index is 13.6. The summed E-state index contributed by atoms with van der Waals surface area (Å²) in [4.78, 5) is 0. The average Bonchev–Trinajstić information content (AvgIpc) is 2.18. The van der Waals surface area contributed by atoms with E-state index in [-0.39, 0.29) is 11.2 Å². The molecule has 3 N–H and O–H groups in total. The van der Waals surface area contributed by atoms with Crippen LogP contribution >= 0.6 is 22.6 Å². The van der Waals surface area contributed by atoms with Crippen molar-refractivity contribution in [3.63, 3.8) is 0 Å². The number of hydrogen-bond acceptors (Lipinski definition) is 2. The minimum Gasteiger partial charge on any atom is -0.391 e. The maximum Gasteiger partial charge on any atom is 0.128 e. The van der Waals surface area contributed by atoms with Crippen molar-refractivity contribution < 1.29 is 9.50 Å². The van der Waals surface area contributed by atoms with Crippen molar-refractivity contribution in [1.82, 2.24) is 0 Å². The van der Waals surface area contributed by atoms with Gasteiger partial charge in [0, 0.05) is 9.13 Å². The summed E-state index contributed by atoms with van der Waals surface area (Å²) in [6.45, 7) is 5.63. The molecule has 1 aromatic rings. The van der Waals surface area contributed by atoms with Crippen molar-refractivity contribution in [3.8, 4) is 0 Å². The third-order valence-electron chi connectivity index (χ3n) is 2.54. The fourth-order valence-corrected chi connectivity index (χ4v) is 1.99. The molecule has 4 heteroatoms. The highest BCUT2D eigenvalue weighted by atomic mass is 127. The van der Waals surface area contributed by atoms with E-state index in [2.05, 4.69) is 22.6 Å². The fourth-order valence-electron chi connectivity index (χ4n) is 1.48. The molecule has 0 saturated carbocycles. The van der Waals surface area contributed by atoms with E-state index in [9.17, 15) is 9.50 Å². The molecule has 2 nitrogen and oxygen atoms in total. The summed E-state index contributed by atoms with van der Waals surface area (Å²) >= 11 is 2.10. The largest absolute Gasteiger partial charge is 0.391 e. The van der Waals surface area contributed by atoms with E-state index < -0.39 is 12.1 Å². The fraction of sp³-hybridized carbons (Fsp3) is 0.500. The Bertz CT molecular complexity index is 376. The van der Waals surface area contributed by atoms with Crippen LogP contribution in [0.1, 0.15) is 32.4 Å². The van der Waals surface area contributed by atoms with Crippen LogP contribution < -0.4 is 5.73 Å². The van der Waals surface area contributed by atoms with Gasteiger partial charge in [0.1, 0.15) is 5.82 Å². The molecule has 0 bridgehead atoms. The van der Waals surface area contributed by atoms with Crippen molar-refractivity contribution in [2.45, 2.75) is 32.9 Å². The number of rotatable bonds is 2. The van der Waals surface area contributed by atoms with Gasteiger partial charge in [-0.25, -0.2) is 4.39 Å². The molecular formula is C12H17FINO. The molecule has 90 valence electrons. The van der Waals surface area contributed by atoms with Crippen LogP contribution in [0.4, 0.5) is 4.39 Å². The highest BCUT2D eigenvalue weighted by molar-refractivity contribution is 14.1. The molecule has 0 radical (unpaired) electrons. The van der Waals surface area contributed by atoms with Crippen LogP contribution in [0, 0.1) is 14.8 Å². The SMILES string of the molecule is CC(C)(C)[C@H](O)[C@H](N)c1cc(I)ccc1F. The lowest BCUT2D eigenvalue weighted by atomic mass is 9.82. The predicted molar refractivity (Wildman–Crippen MR) is 71.5 cm³/mol. The Kier molecular flexibility index (Phi) is 4.31. The summed E-state index contributed by atoms with van der Waals surface area (Å²) in [5, 5.41) is 10.0. The van der Waals surface area contributed by atoms with Crippen LogP contribution in [-0.2, 0) is 0 Å². The third kappa shape index (κ3) is 3.15. The molecule has 2 atom stereocenters. The first-order chi connectivity index (χ1) is 7.23. The van der Waals surface area contributed by atoms with Gasteiger partial charge in [-0.1, -0.05) is 20.8 Å². The van der Waals surface area contributed by atoms with Crippen molar-refractivity contribution in [1.29, 1.82) is 0 Å². The highest BCUT2D eigenvalue weighted by Gasteiger charge is 2.30. The molecular weight excluding hydrogens is 320 g/mol. The number of hydrogen-bond donors (Lipinski definition) is 2. The van der Waals surface area contributed by atoms with Crippen LogP contribution in [0.25, 0.3) is 0 Å². The quantitative estimate of drug-likeness (QED) is 0.816. The van der Waals surface area contributed by atoms with Gasteiger partial charge in [-0.2, -0.15) is 0 Å². The Morgan fingerprint density at radius 1 is 1.38 bits per heavy atom. The van der Waals surface area contributed by atoms with E-state index >= 15 is 0 Å². The van der Waals surface area contributed by atoms with Crippen LogP contribution in [-0.4, -0.2) is 11.2 Å². The average molecular weight is 337 g/mol. The minimum absolute atomic E-state index is 0.365. The maximum atomic E-state index is 13.6. The minimum atomic E-state index is -0.778. The summed E-state index contributed by atoms with van der Waals surface area (Å²) in [6.07, 6.45) is -0.778. The standard InChI is InChI=1S/C12H17FINO/c1-12(2,3)11(16)10(15)8-6-7(14)4-5-9(8)13/h4-6,10-11,16H,15H2,1-3H3/t10-,11-/m1/s1. The molecule has 0 saturated heterocycles. The summed E-state index contributed by atoms with van der Waals surface area (Å²) in [5.41, 5.74) is 5.90. The monoisotopic (exact) mass is 337 g/mol. The highest BCUT2D eigenvalue weighted by Crippen LogP contribution is 2.30. The summed E-state index contributed by atoms with van der Waals surface area (Å²) < 4.78 is 14.5. The molecule has 0 aliphatic rings. The summed E-state index contributed by atoms with van der Waals surface area (Å²) in [5.74, 6) is -0.365. The molecule has 0 spiro atoms. The zero-order valence-corrected chi connectivity index (χ0v) is 11.8. The first kappa shape index (κ1) is 13.9. The molecule has 1 aromatic carbocycles. The lowest BCUT2D eigenvalue weighted by Gasteiger charge is -2.31. The summed E-state index contributed by atoms with van der Waals surface area (Å²) in [6, 6.07) is 4.03. The van der Waals surface area contributed by atoms with Crippen molar-refractivity contribution in [2.24, 2.45) is 11.1 Å². The molecule has 1 rings (SSSR count). The lowest BCUT2D eigenvalue weighted by Crippen LogP contribution is -2.37. The Hall–Kier alpha value is -0.200. The Balaban J connectivity index is 3.05. The molecule has 16 heavy (non-hydrogen) atoms. The van der Waals surface area contributed by atoms with Crippen LogP contribution in [0.5, 0.6) is 0 Å². The van der Waals surface area contributed by atoms with Gasteiger partial charge in [-0.15, -0.1) is 0 Å². The van der Waals surface area contributed by atoms with Crippen LogP contribution in [0.3, 0.4) is 0 Å². The predicted octanol–water partition coefficient (Wildman–Crippen LogP) is 2.84. The first-order valence-corrected chi connectivity index (χ1v) is 6.20.